The molecule has 0 fully saturated rings. The van der Waals surface area contributed by atoms with Crippen LogP contribution in [-0.2, 0) is 11.2 Å². The minimum absolute atomic E-state index is 0.0323. The predicted octanol–water partition coefficient (Wildman–Crippen LogP) is 2.08. The Balaban J connectivity index is 2.52. The van der Waals surface area contributed by atoms with Crippen LogP contribution in [0.2, 0.25) is 0 Å². The van der Waals surface area contributed by atoms with Crippen LogP contribution in [0.1, 0.15) is 46.2 Å². The Labute approximate surface area is 126 Å². The number of rotatable bonds is 7. The number of carbonyl (C=O) groups excluding carboxylic acids is 1. The third-order valence-electron chi connectivity index (χ3n) is 2.88. The molecule has 1 aromatic rings. The molecule has 0 bridgehead atoms. The van der Waals surface area contributed by atoms with E-state index in [2.05, 4.69) is 10.3 Å². The summed E-state index contributed by atoms with van der Waals surface area (Å²) in [6, 6.07) is 5.41. The first-order valence-electron chi connectivity index (χ1n) is 7.39. The van der Waals surface area contributed by atoms with Gasteiger partial charge in [0.05, 0.1) is 12.6 Å². The highest BCUT2D eigenvalue weighted by Gasteiger charge is 2.13. The number of aryl methyl sites for hydroxylation is 1. The van der Waals surface area contributed by atoms with Crippen molar-refractivity contribution in [1.82, 2.24) is 10.3 Å². The lowest BCUT2D eigenvalue weighted by Crippen LogP contribution is -2.37. The zero-order chi connectivity index (χ0) is 15.9. The zero-order valence-electron chi connectivity index (χ0n) is 13.3. The first-order valence-corrected chi connectivity index (χ1v) is 7.39. The standard InChI is InChI=1S/C16H26N2O3/c1-5-12(11-19)17-14(20)10-9-13-7-6-8-15(18-13)21-16(2,3)4/h6-8,12,19H,5,9-11H2,1-4H3,(H,17,20). The van der Waals surface area contributed by atoms with E-state index in [1.165, 1.54) is 0 Å². The summed E-state index contributed by atoms with van der Waals surface area (Å²) in [5.74, 6) is 0.502. The molecule has 0 saturated carbocycles. The maximum Gasteiger partial charge on any atom is 0.220 e. The first-order chi connectivity index (χ1) is 9.84. The van der Waals surface area contributed by atoms with Crippen molar-refractivity contribution >= 4 is 5.91 Å². The maximum absolute atomic E-state index is 11.8. The smallest absolute Gasteiger partial charge is 0.220 e. The van der Waals surface area contributed by atoms with Gasteiger partial charge in [0.2, 0.25) is 11.8 Å². The van der Waals surface area contributed by atoms with Gasteiger partial charge in [-0.2, -0.15) is 0 Å². The second-order valence-corrected chi connectivity index (χ2v) is 6.04. The SMILES string of the molecule is CCC(CO)NC(=O)CCc1cccc(OC(C)(C)C)n1. The fourth-order valence-corrected chi connectivity index (χ4v) is 1.79. The van der Waals surface area contributed by atoms with Crippen molar-refractivity contribution in [3.63, 3.8) is 0 Å². The highest BCUT2D eigenvalue weighted by atomic mass is 16.5. The Morgan fingerprint density at radius 3 is 2.71 bits per heavy atom. The summed E-state index contributed by atoms with van der Waals surface area (Å²) in [5.41, 5.74) is 0.530. The van der Waals surface area contributed by atoms with Crippen LogP contribution in [0.3, 0.4) is 0 Å². The van der Waals surface area contributed by atoms with Gasteiger partial charge >= 0.3 is 0 Å². The number of amides is 1. The molecule has 21 heavy (non-hydrogen) atoms. The van der Waals surface area contributed by atoms with Gasteiger partial charge in [0.1, 0.15) is 5.60 Å². The molecule has 1 amide bonds. The quantitative estimate of drug-likeness (QED) is 0.807. The molecule has 118 valence electrons. The maximum atomic E-state index is 11.8. The van der Waals surface area contributed by atoms with Gasteiger partial charge in [-0.3, -0.25) is 4.79 Å². The molecule has 0 aliphatic heterocycles. The number of aliphatic hydroxyl groups excluding tert-OH is 1. The van der Waals surface area contributed by atoms with Crippen LogP contribution in [0.4, 0.5) is 0 Å². The normalized spacial score (nSPS) is 12.8. The number of nitrogens with zero attached hydrogens (tertiary/aromatic N) is 1. The van der Waals surface area contributed by atoms with Crippen molar-refractivity contribution < 1.29 is 14.6 Å². The average Bonchev–Trinajstić information content (AvgIpc) is 2.41. The van der Waals surface area contributed by atoms with E-state index in [1.807, 2.05) is 45.9 Å². The molecular formula is C16H26N2O3. The topological polar surface area (TPSA) is 71.5 Å². The largest absolute Gasteiger partial charge is 0.472 e. The zero-order valence-corrected chi connectivity index (χ0v) is 13.3. The van der Waals surface area contributed by atoms with Gasteiger partial charge < -0.3 is 15.2 Å². The summed E-state index contributed by atoms with van der Waals surface area (Å²) in [5, 5.41) is 11.9. The molecular weight excluding hydrogens is 268 g/mol. The average molecular weight is 294 g/mol. The molecule has 0 spiro atoms. The number of aromatic nitrogens is 1. The molecule has 1 atom stereocenters. The van der Waals surface area contributed by atoms with Crippen molar-refractivity contribution in [2.75, 3.05) is 6.61 Å². The molecule has 0 aliphatic carbocycles. The third kappa shape index (κ3) is 7.09. The Kier molecular flexibility index (Phi) is 6.62. The van der Waals surface area contributed by atoms with Crippen LogP contribution in [0.5, 0.6) is 5.88 Å². The Bertz CT molecular complexity index is 451. The van der Waals surface area contributed by atoms with E-state index in [0.717, 1.165) is 12.1 Å². The molecule has 0 radical (unpaired) electrons. The monoisotopic (exact) mass is 294 g/mol. The number of carbonyl (C=O) groups is 1. The highest BCUT2D eigenvalue weighted by molar-refractivity contribution is 5.76. The third-order valence-corrected chi connectivity index (χ3v) is 2.88. The highest BCUT2D eigenvalue weighted by Crippen LogP contribution is 2.16. The van der Waals surface area contributed by atoms with Crippen molar-refractivity contribution in [3.8, 4) is 5.88 Å². The van der Waals surface area contributed by atoms with Crippen LogP contribution in [-0.4, -0.2) is 34.2 Å². The molecule has 5 nitrogen and oxygen atoms in total. The van der Waals surface area contributed by atoms with E-state index < -0.39 is 0 Å². The molecule has 1 heterocycles. The number of ether oxygens (including phenoxy) is 1. The van der Waals surface area contributed by atoms with Crippen LogP contribution < -0.4 is 10.1 Å². The number of pyridine rings is 1. The fraction of sp³-hybridized carbons (Fsp3) is 0.625. The molecule has 0 saturated heterocycles. The van der Waals surface area contributed by atoms with E-state index in [1.54, 1.807) is 0 Å². The summed E-state index contributed by atoms with van der Waals surface area (Å²) in [6.45, 7) is 7.79. The summed E-state index contributed by atoms with van der Waals surface area (Å²) in [4.78, 5) is 16.2. The Morgan fingerprint density at radius 2 is 2.14 bits per heavy atom. The molecule has 1 aromatic heterocycles. The van der Waals surface area contributed by atoms with E-state index in [4.69, 9.17) is 9.84 Å². The van der Waals surface area contributed by atoms with Crippen LogP contribution in [0, 0.1) is 0 Å². The summed E-state index contributed by atoms with van der Waals surface area (Å²) in [6.07, 6.45) is 1.62. The van der Waals surface area contributed by atoms with Gasteiger partial charge in [-0.25, -0.2) is 4.98 Å². The Hall–Kier alpha value is -1.62. The van der Waals surface area contributed by atoms with Crippen molar-refractivity contribution in [3.05, 3.63) is 23.9 Å². The summed E-state index contributed by atoms with van der Waals surface area (Å²) in [7, 11) is 0. The van der Waals surface area contributed by atoms with Crippen LogP contribution in [0.15, 0.2) is 18.2 Å². The second-order valence-electron chi connectivity index (χ2n) is 6.04. The van der Waals surface area contributed by atoms with E-state index in [0.29, 0.717) is 18.7 Å². The minimum atomic E-state index is -0.293. The number of hydrogen-bond acceptors (Lipinski definition) is 4. The summed E-state index contributed by atoms with van der Waals surface area (Å²) >= 11 is 0. The minimum Gasteiger partial charge on any atom is -0.472 e. The van der Waals surface area contributed by atoms with Gasteiger partial charge in [-0.1, -0.05) is 13.0 Å². The van der Waals surface area contributed by atoms with Crippen molar-refractivity contribution in [1.29, 1.82) is 0 Å². The van der Waals surface area contributed by atoms with Crippen LogP contribution in [0.25, 0.3) is 0 Å². The van der Waals surface area contributed by atoms with Gasteiger partial charge in [-0.05, 0) is 39.7 Å². The van der Waals surface area contributed by atoms with E-state index >= 15 is 0 Å². The van der Waals surface area contributed by atoms with Gasteiger partial charge in [0.25, 0.3) is 0 Å². The summed E-state index contributed by atoms with van der Waals surface area (Å²) < 4.78 is 5.70. The molecule has 1 rings (SSSR count). The Morgan fingerprint density at radius 1 is 1.43 bits per heavy atom. The first kappa shape index (κ1) is 17.4. The van der Waals surface area contributed by atoms with Gasteiger partial charge in [-0.15, -0.1) is 0 Å². The molecule has 1 unspecified atom stereocenters. The lowest BCUT2D eigenvalue weighted by Gasteiger charge is -2.20. The second kappa shape index (κ2) is 7.98. The number of nitrogens with one attached hydrogen (secondary N) is 1. The van der Waals surface area contributed by atoms with Gasteiger partial charge in [0.15, 0.2) is 0 Å². The van der Waals surface area contributed by atoms with E-state index in [9.17, 15) is 4.79 Å². The van der Waals surface area contributed by atoms with Crippen LogP contribution >= 0.6 is 0 Å². The molecule has 2 N–H and O–H groups in total. The molecule has 0 aromatic carbocycles. The number of aliphatic hydroxyl groups is 1. The van der Waals surface area contributed by atoms with E-state index in [-0.39, 0.29) is 24.2 Å². The lowest BCUT2D eigenvalue weighted by atomic mass is 10.2. The van der Waals surface area contributed by atoms with Crippen molar-refractivity contribution in [2.45, 2.75) is 58.6 Å². The fourth-order valence-electron chi connectivity index (χ4n) is 1.79. The number of hydrogen-bond donors (Lipinski definition) is 2. The van der Waals surface area contributed by atoms with Crippen molar-refractivity contribution in [2.24, 2.45) is 0 Å². The lowest BCUT2D eigenvalue weighted by molar-refractivity contribution is -0.122. The molecule has 0 aliphatic rings. The van der Waals surface area contributed by atoms with Gasteiger partial charge in [0, 0.05) is 18.2 Å². The molecule has 5 heteroatoms. The predicted molar refractivity (Wildman–Crippen MR) is 82.2 cm³/mol.